The van der Waals surface area contributed by atoms with Crippen molar-refractivity contribution in [1.29, 1.82) is 0 Å². The van der Waals surface area contributed by atoms with E-state index in [1.807, 2.05) is 43.3 Å². The summed E-state index contributed by atoms with van der Waals surface area (Å²) in [6, 6.07) is 11.1. The predicted octanol–water partition coefficient (Wildman–Crippen LogP) is 9.23. The third-order valence-electron chi connectivity index (χ3n) is 9.40. The first-order valence-corrected chi connectivity index (χ1v) is 21.3. The van der Waals surface area contributed by atoms with Crippen molar-refractivity contribution >= 4 is 38.4 Å². The van der Waals surface area contributed by atoms with Gasteiger partial charge in [0.2, 0.25) is 10.0 Å². The molecule has 2 N–H and O–H groups in total. The number of sulfonamides is 1. The van der Waals surface area contributed by atoms with Crippen LogP contribution in [-0.2, 0) is 29.1 Å². The van der Waals surface area contributed by atoms with Crippen LogP contribution in [-0.4, -0.2) is 65.4 Å². The van der Waals surface area contributed by atoms with Gasteiger partial charge < -0.3 is 19.5 Å². The van der Waals surface area contributed by atoms with Gasteiger partial charge in [-0.15, -0.1) is 0 Å². The molecular formula is C41H68N2O7S. The van der Waals surface area contributed by atoms with E-state index in [2.05, 4.69) is 11.6 Å². The number of aliphatic hydroxyl groups excluding tert-OH is 1. The molecule has 0 radical (unpaired) electrons. The summed E-state index contributed by atoms with van der Waals surface area (Å²) in [6.07, 6.45) is 22.0. The number of ether oxygens (including phenoxy) is 2. The number of carbonyl (C=O) groups excluding carboxylic acids is 2. The van der Waals surface area contributed by atoms with Crippen LogP contribution in [0.5, 0.6) is 0 Å². The third-order valence-corrected chi connectivity index (χ3v) is 10.9. The number of benzene rings is 2. The van der Waals surface area contributed by atoms with Crippen LogP contribution in [0.2, 0.25) is 0 Å². The van der Waals surface area contributed by atoms with E-state index in [1.54, 1.807) is 12.1 Å². The maximum Gasteiger partial charge on any atom is 0.306 e. The Morgan fingerprint density at radius 2 is 1.18 bits per heavy atom. The van der Waals surface area contributed by atoms with Gasteiger partial charge in [0.15, 0.2) is 6.10 Å². The Labute approximate surface area is 309 Å². The Hall–Kier alpha value is -2.69. The maximum absolute atomic E-state index is 13.1. The number of unbranched alkanes of at least 4 members (excludes halogenated alkanes) is 18. The third kappa shape index (κ3) is 19.1. The second-order valence-electron chi connectivity index (χ2n) is 14.1. The highest BCUT2D eigenvalue weighted by atomic mass is 32.2. The van der Waals surface area contributed by atoms with Gasteiger partial charge in [0.1, 0.15) is 6.61 Å². The highest BCUT2D eigenvalue weighted by Crippen LogP contribution is 2.30. The number of carbonyl (C=O) groups is 2. The molecule has 2 aromatic rings. The number of aliphatic hydroxyl groups is 1. The van der Waals surface area contributed by atoms with Crippen LogP contribution in [0.15, 0.2) is 41.3 Å². The van der Waals surface area contributed by atoms with E-state index >= 15 is 0 Å². The molecule has 2 aromatic carbocycles. The molecule has 10 heteroatoms. The predicted molar refractivity (Wildman–Crippen MR) is 209 cm³/mol. The van der Waals surface area contributed by atoms with E-state index in [9.17, 15) is 23.1 Å². The molecule has 51 heavy (non-hydrogen) atoms. The fourth-order valence-electron chi connectivity index (χ4n) is 6.37. The molecule has 2 rings (SSSR count). The molecule has 0 aliphatic rings. The normalized spacial score (nSPS) is 12.2. The van der Waals surface area contributed by atoms with Gasteiger partial charge in [-0.1, -0.05) is 140 Å². The van der Waals surface area contributed by atoms with E-state index in [1.165, 1.54) is 51.4 Å². The lowest BCUT2D eigenvalue weighted by Gasteiger charge is -2.17. The summed E-state index contributed by atoms with van der Waals surface area (Å²) in [5, 5.41) is 11.2. The Morgan fingerprint density at radius 3 is 1.73 bits per heavy atom. The van der Waals surface area contributed by atoms with Gasteiger partial charge in [-0.3, -0.25) is 9.59 Å². The molecule has 0 saturated carbocycles. The number of nitrogens with one attached hydrogen (secondary N) is 1. The Balaban J connectivity index is 1.44. The summed E-state index contributed by atoms with van der Waals surface area (Å²) in [5.74, 6) is -0.675. The zero-order valence-corrected chi connectivity index (χ0v) is 32.8. The SMILES string of the molecule is CCCCCCCCCCCCCC(=O)OC[C@H](CO)OC(=O)CCCCCCCCCCCNS(=O)(=O)c1cccc2c(N(C)C)cccc12. The van der Waals surface area contributed by atoms with Crippen molar-refractivity contribution in [3.05, 3.63) is 36.4 Å². The monoisotopic (exact) mass is 732 g/mol. The quantitative estimate of drug-likeness (QED) is 0.0581. The molecule has 0 saturated heterocycles. The van der Waals surface area contributed by atoms with E-state index in [0.29, 0.717) is 17.9 Å². The molecule has 0 fully saturated rings. The fourth-order valence-corrected chi connectivity index (χ4v) is 7.66. The summed E-state index contributed by atoms with van der Waals surface area (Å²) in [7, 11) is 0.298. The lowest BCUT2D eigenvalue weighted by Crippen LogP contribution is -2.28. The summed E-state index contributed by atoms with van der Waals surface area (Å²) in [6.45, 7) is 2.18. The molecule has 0 heterocycles. The van der Waals surface area contributed by atoms with Crippen LogP contribution in [0.3, 0.4) is 0 Å². The van der Waals surface area contributed by atoms with Crippen molar-refractivity contribution in [2.45, 2.75) is 159 Å². The highest BCUT2D eigenvalue weighted by molar-refractivity contribution is 7.89. The van der Waals surface area contributed by atoms with Crippen LogP contribution in [0.1, 0.15) is 148 Å². The number of rotatable bonds is 31. The van der Waals surface area contributed by atoms with Crippen LogP contribution in [0, 0.1) is 0 Å². The Morgan fingerprint density at radius 1 is 0.686 bits per heavy atom. The molecule has 0 aliphatic carbocycles. The first kappa shape index (κ1) is 44.5. The van der Waals surface area contributed by atoms with Gasteiger partial charge in [0.25, 0.3) is 0 Å². The number of fused-ring (bicyclic) bond motifs is 1. The summed E-state index contributed by atoms with van der Waals surface area (Å²) in [4.78, 5) is 26.6. The average Bonchev–Trinajstić information content (AvgIpc) is 3.12. The van der Waals surface area contributed by atoms with Crippen LogP contribution >= 0.6 is 0 Å². The minimum atomic E-state index is -3.60. The smallest absolute Gasteiger partial charge is 0.306 e. The number of esters is 2. The summed E-state index contributed by atoms with van der Waals surface area (Å²) in [5.41, 5.74) is 0.985. The van der Waals surface area contributed by atoms with Gasteiger partial charge in [-0.25, -0.2) is 13.1 Å². The topological polar surface area (TPSA) is 122 Å². The second kappa shape index (κ2) is 27.0. The number of hydrogen-bond acceptors (Lipinski definition) is 8. The molecule has 0 aliphatic heterocycles. The Bertz CT molecular complexity index is 1350. The maximum atomic E-state index is 13.1. The van der Waals surface area contributed by atoms with Gasteiger partial charge in [-0.2, -0.15) is 0 Å². The average molecular weight is 733 g/mol. The minimum absolute atomic E-state index is 0.104. The molecule has 0 amide bonds. The van der Waals surface area contributed by atoms with Gasteiger partial charge >= 0.3 is 11.9 Å². The molecule has 290 valence electrons. The Kier molecular flexibility index (Phi) is 23.5. The van der Waals surface area contributed by atoms with Crippen molar-refractivity contribution in [2.75, 3.05) is 38.8 Å². The van der Waals surface area contributed by atoms with Crippen LogP contribution in [0.4, 0.5) is 5.69 Å². The van der Waals surface area contributed by atoms with Gasteiger partial charge in [-0.05, 0) is 31.4 Å². The fraction of sp³-hybridized carbons (Fsp3) is 0.707. The molecule has 0 aromatic heterocycles. The zero-order valence-electron chi connectivity index (χ0n) is 32.0. The zero-order chi connectivity index (χ0) is 37.2. The first-order valence-electron chi connectivity index (χ1n) is 19.8. The van der Waals surface area contributed by atoms with E-state index < -0.39 is 16.1 Å². The van der Waals surface area contributed by atoms with Gasteiger partial charge in [0, 0.05) is 49.9 Å². The standard InChI is InChI=1S/C41H68N2O7S/c1-4-5-6-7-8-9-10-12-15-18-21-30-40(45)49-34-35(33-44)50-41(46)31-22-19-16-13-11-14-17-20-23-32-42-51(47,48)39-29-25-26-36-37(39)27-24-28-38(36)43(2)3/h24-29,35,42,44H,4-23,30-34H2,1-3H3/t35-/m0/s1. The largest absolute Gasteiger partial charge is 0.462 e. The minimum Gasteiger partial charge on any atom is -0.462 e. The lowest BCUT2D eigenvalue weighted by atomic mass is 10.1. The molecule has 9 nitrogen and oxygen atoms in total. The summed E-state index contributed by atoms with van der Waals surface area (Å²) >= 11 is 0. The van der Waals surface area contributed by atoms with Crippen LogP contribution in [0.25, 0.3) is 10.8 Å². The van der Waals surface area contributed by atoms with Crippen molar-refractivity contribution in [2.24, 2.45) is 0 Å². The van der Waals surface area contributed by atoms with Crippen LogP contribution < -0.4 is 9.62 Å². The lowest BCUT2D eigenvalue weighted by molar-refractivity contribution is -0.161. The van der Waals surface area contributed by atoms with E-state index in [4.69, 9.17) is 9.47 Å². The molecular weight excluding hydrogens is 665 g/mol. The second-order valence-corrected chi connectivity index (χ2v) is 15.9. The first-order chi connectivity index (χ1) is 24.7. The number of nitrogens with zero attached hydrogens (tertiary/aromatic N) is 1. The highest BCUT2D eigenvalue weighted by Gasteiger charge is 2.18. The molecule has 0 spiro atoms. The van der Waals surface area contributed by atoms with E-state index in [-0.39, 0.29) is 31.6 Å². The van der Waals surface area contributed by atoms with E-state index in [0.717, 1.165) is 93.5 Å². The van der Waals surface area contributed by atoms with Crippen molar-refractivity contribution in [1.82, 2.24) is 4.72 Å². The molecule has 0 unspecified atom stereocenters. The van der Waals surface area contributed by atoms with Crippen molar-refractivity contribution < 1.29 is 32.6 Å². The molecule has 0 bridgehead atoms. The van der Waals surface area contributed by atoms with Gasteiger partial charge in [0.05, 0.1) is 11.5 Å². The van der Waals surface area contributed by atoms with Crippen molar-refractivity contribution in [3.63, 3.8) is 0 Å². The van der Waals surface area contributed by atoms with Crippen molar-refractivity contribution in [3.8, 4) is 0 Å². The number of anilines is 1. The molecule has 1 atom stereocenters. The summed E-state index contributed by atoms with van der Waals surface area (Å²) < 4.78 is 39.5. The number of hydrogen-bond donors (Lipinski definition) is 2.